The van der Waals surface area contributed by atoms with Gasteiger partial charge in [0.1, 0.15) is 0 Å². The van der Waals surface area contributed by atoms with Crippen LogP contribution >= 0.6 is 0 Å². The average Bonchev–Trinajstić information content (AvgIpc) is 3.05. The minimum atomic E-state index is -0.804. The first-order chi connectivity index (χ1) is 12.5. The van der Waals surface area contributed by atoms with Crippen molar-refractivity contribution in [1.29, 1.82) is 0 Å². The summed E-state index contributed by atoms with van der Waals surface area (Å²) in [7, 11) is 0. The molecule has 0 atom stereocenters. The Kier molecular flexibility index (Phi) is 4.68. The van der Waals surface area contributed by atoms with Crippen LogP contribution in [-0.2, 0) is 6.54 Å². The lowest BCUT2D eigenvalue weighted by molar-refractivity contribution is 0.0996. The van der Waals surface area contributed by atoms with E-state index in [-0.39, 0.29) is 11.4 Å². The zero-order chi connectivity index (χ0) is 18.7. The third-order valence-corrected chi connectivity index (χ3v) is 3.83. The molecule has 0 unspecified atom stereocenters. The van der Waals surface area contributed by atoms with E-state index in [1.165, 1.54) is 10.9 Å². The zero-order valence-electron chi connectivity index (χ0n) is 13.8. The smallest absolute Gasteiger partial charge is 0.316 e. The van der Waals surface area contributed by atoms with Crippen LogP contribution in [0.25, 0.3) is 16.8 Å². The number of amides is 3. The van der Waals surface area contributed by atoms with Gasteiger partial charge in [0.2, 0.25) is 0 Å². The van der Waals surface area contributed by atoms with Crippen LogP contribution < -0.4 is 22.5 Å². The van der Waals surface area contributed by atoms with Crippen LogP contribution in [0.5, 0.6) is 0 Å². The minimum Gasteiger partial charge on any atom is -0.364 e. The summed E-state index contributed by atoms with van der Waals surface area (Å²) < 4.78 is 1.45. The van der Waals surface area contributed by atoms with Gasteiger partial charge < -0.3 is 22.5 Å². The second kappa shape index (κ2) is 7.08. The molecular weight excluding hydrogens is 332 g/mol. The highest BCUT2D eigenvalue weighted by atomic mass is 16.2. The highest BCUT2D eigenvalue weighted by Gasteiger charge is 2.16. The number of urea groups is 1. The van der Waals surface area contributed by atoms with Gasteiger partial charge in [-0.3, -0.25) is 4.79 Å². The fourth-order valence-electron chi connectivity index (χ4n) is 2.60. The second-order valence-electron chi connectivity index (χ2n) is 5.64. The first-order valence-corrected chi connectivity index (χ1v) is 7.83. The first-order valence-electron chi connectivity index (χ1n) is 7.83. The van der Waals surface area contributed by atoms with E-state index in [1.54, 1.807) is 0 Å². The van der Waals surface area contributed by atoms with E-state index >= 15 is 0 Å². The number of carbonyl (C=O) groups excluding carboxylic acids is 2. The highest BCUT2D eigenvalue weighted by molar-refractivity contribution is 6.00. The molecule has 8 nitrogen and oxygen atoms in total. The SMILES string of the molecule is NCc1cccc(-c2ccc(-n3cc(NC(N)=O)c(C(N)=O)n3)cc2)c1. The van der Waals surface area contributed by atoms with E-state index in [1.807, 2.05) is 48.5 Å². The number of benzene rings is 2. The predicted octanol–water partition coefficient (Wildman–Crippen LogP) is 1.59. The molecule has 3 amide bonds. The Bertz CT molecular complexity index is 962. The number of rotatable bonds is 5. The van der Waals surface area contributed by atoms with E-state index in [9.17, 15) is 9.59 Å². The Morgan fingerprint density at radius 1 is 1.04 bits per heavy atom. The number of aromatic nitrogens is 2. The van der Waals surface area contributed by atoms with Crippen molar-refractivity contribution in [3.8, 4) is 16.8 Å². The lowest BCUT2D eigenvalue weighted by Crippen LogP contribution is -2.22. The summed E-state index contributed by atoms with van der Waals surface area (Å²) in [6.45, 7) is 0.477. The third kappa shape index (κ3) is 3.55. The van der Waals surface area contributed by atoms with Crippen LogP contribution in [0.15, 0.2) is 54.7 Å². The molecule has 26 heavy (non-hydrogen) atoms. The number of carbonyl (C=O) groups is 2. The van der Waals surface area contributed by atoms with Crippen LogP contribution in [0.4, 0.5) is 10.5 Å². The molecule has 0 fully saturated rings. The quantitative estimate of drug-likeness (QED) is 0.554. The van der Waals surface area contributed by atoms with Gasteiger partial charge >= 0.3 is 6.03 Å². The molecule has 132 valence electrons. The van der Waals surface area contributed by atoms with E-state index in [2.05, 4.69) is 10.4 Å². The Hall–Kier alpha value is -3.65. The molecule has 0 aliphatic rings. The number of nitrogens with one attached hydrogen (secondary N) is 1. The number of anilines is 1. The summed E-state index contributed by atoms with van der Waals surface area (Å²) in [5.41, 5.74) is 20.0. The van der Waals surface area contributed by atoms with Crippen LogP contribution in [0.3, 0.4) is 0 Å². The van der Waals surface area contributed by atoms with Gasteiger partial charge in [-0.05, 0) is 34.9 Å². The predicted molar refractivity (Wildman–Crippen MR) is 98.6 cm³/mol. The number of hydrogen-bond donors (Lipinski definition) is 4. The van der Waals surface area contributed by atoms with Crippen molar-refractivity contribution < 1.29 is 9.59 Å². The molecule has 2 aromatic carbocycles. The first kappa shape index (κ1) is 17.2. The Balaban J connectivity index is 1.93. The lowest BCUT2D eigenvalue weighted by atomic mass is 10.0. The van der Waals surface area contributed by atoms with Crippen molar-refractivity contribution in [2.45, 2.75) is 6.54 Å². The largest absolute Gasteiger partial charge is 0.364 e. The van der Waals surface area contributed by atoms with Gasteiger partial charge in [0, 0.05) is 6.54 Å². The average molecular weight is 350 g/mol. The molecule has 1 aromatic heterocycles. The van der Waals surface area contributed by atoms with Gasteiger partial charge in [-0.15, -0.1) is 0 Å². The fraction of sp³-hybridized carbons (Fsp3) is 0.0556. The van der Waals surface area contributed by atoms with Crippen molar-refractivity contribution in [3.05, 3.63) is 66.0 Å². The third-order valence-electron chi connectivity index (χ3n) is 3.83. The van der Waals surface area contributed by atoms with E-state index < -0.39 is 11.9 Å². The van der Waals surface area contributed by atoms with E-state index in [0.717, 1.165) is 16.7 Å². The summed E-state index contributed by atoms with van der Waals surface area (Å²) in [6.07, 6.45) is 1.48. The molecule has 3 rings (SSSR count). The molecule has 0 saturated carbocycles. The van der Waals surface area contributed by atoms with Gasteiger partial charge in [0.05, 0.1) is 17.6 Å². The molecule has 1 heterocycles. The van der Waals surface area contributed by atoms with Gasteiger partial charge in [0.25, 0.3) is 5.91 Å². The molecule has 8 heteroatoms. The summed E-state index contributed by atoms with van der Waals surface area (Å²) in [6, 6.07) is 14.7. The summed E-state index contributed by atoms with van der Waals surface area (Å²) in [5, 5.41) is 6.46. The molecule has 0 aliphatic heterocycles. The number of nitrogens with two attached hydrogens (primary N) is 3. The molecule has 3 aromatic rings. The lowest BCUT2D eigenvalue weighted by Gasteiger charge is -2.06. The van der Waals surface area contributed by atoms with Gasteiger partial charge in [-0.2, -0.15) is 5.10 Å². The van der Waals surface area contributed by atoms with Crippen LogP contribution in [0.1, 0.15) is 16.1 Å². The van der Waals surface area contributed by atoms with E-state index in [0.29, 0.717) is 12.2 Å². The molecule has 0 radical (unpaired) electrons. The standard InChI is InChI=1S/C18H18N6O2/c19-9-11-2-1-3-13(8-11)12-4-6-14(7-5-12)24-10-15(22-18(21)26)16(23-24)17(20)25/h1-8,10H,9,19H2,(H2,20,25)(H3,21,22,26). The Morgan fingerprint density at radius 2 is 1.77 bits per heavy atom. The highest BCUT2D eigenvalue weighted by Crippen LogP contribution is 2.23. The van der Waals surface area contributed by atoms with Crippen molar-refractivity contribution >= 4 is 17.6 Å². The topological polar surface area (TPSA) is 142 Å². The molecule has 0 aliphatic carbocycles. The van der Waals surface area contributed by atoms with Crippen molar-refractivity contribution in [2.75, 3.05) is 5.32 Å². The minimum absolute atomic E-state index is 0.0662. The van der Waals surface area contributed by atoms with Crippen molar-refractivity contribution in [1.82, 2.24) is 9.78 Å². The monoisotopic (exact) mass is 350 g/mol. The van der Waals surface area contributed by atoms with E-state index in [4.69, 9.17) is 17.2 Å². The molecule has 0 spiro atoms. The van der Waals surface area contributed by atoms with Crippen LogP contribution in [0.2, 0.25) is 0 Å². The number of nitrogens with zero attached hydrogens (tertiary/aromatic N) is 2. The molecule has 7 N–H and O–H groups in total. The van der Waals surface area contributed by atoms with Crippen molar-refractivity contribution in [2.24, 2.45) is 17.2 Å². The van der Waals surface area contributed by atoms with Gasteiger partial charge in [-0.1, -0.05) is 30.3 Å². The Labute approximate surface area is 149 Å². The summed E-state index contributed by atoms with van der Waals surface area (Å²) in [5.74, 6) is -0.761. The maximum Gasteiger partial charge on any atom is 0.316 e. The number of primary amides is 2. The van der Waals surface area contributed by atoms with Crippen molar-refractivity contribution in [3.63, 3.8) is 0 Å². The molecular formula is C18H18N6O2. The Morgan fingerprint density at radius 3 is 2.38 bits per heavy atom. The molecule has 0 bridgehead atoms. The molecule has 0 saturated heterocycles. The van der Waals surface area contributed by atoms with Crippen LogP contribution in [0, 0.1) is 0 Å². The normalized spacial score (nSPS) is 10.5. The maximum atomic E-state index is 11.5. The van der Waals surface area contributed by atoms with Gasteiger partial charge in [-0.25, -0.2) is 9.48 Å². The summed E-state index contributed by atoms with van der Waals surface area (Å²) in [4.78, 5) is 22.5. The fourth-order valence-corrected chi connectivity index (χ4v) is 2.60. The zero-order valence-corrected chi connectivity index (χ0v) is 13.8. The second-order valence-corrected chi connectivity index (χ2v) is 5.64. The van der Waals surface area contributed by atoms with Gasteiger partial charge in [0.15, 0.2) is 5.69 Å². The number of hydrogen-bond acceptors (Lipinski definition) is 4. The maximum absolute atomic E-state index is 11.5. The van der Waals surface area contributed by atoms with Crippen LogP contribution in [-0.4, -0.2) is 21.7 Å². The summed E-state index contributed by atoms with van der Waals surface area (Å²) >= 11 is 0.